The van der Waals surface area contributed by atoms with Crippen molar-refractivity contribution in [2.24, 2.45) is 0 Å². The zero-order valence-corrected chi connectivity index (χ0v) is 11.2. The molecule has 104 valence electrons. The first-order chi connectivity index (χ1) is 9.16. The monoisotopic (exact) mass is 265 g/mol. The molecule has 0 aromatic carbocycles. The highest BCUT2D eigenvalue weighted by molar-refractivity contribution is 5.94. The SMILES string of the molecule is CC(CN1CCCCC1)NC(=O)c1cccnc1F. The molecule has 2 rings (SSSR count). The Hall–Kier alpha value is -1.49. The average molecular weight is 265 g/mol. The molecule has 0 spiro atoms. The van der Waals surface area contributed by atoms with E-state index in [2.05, 4.69) is 15.2 Å². The van der Waals surface area contributed by atoms with Gasteiger partial charge in [0.1, 0.15) is 0 Å². The molecule has 1 atom stereocenters. The molecule has 1 aliphatic rings. The maximum absolute atomic E-state index is 13.4. The lowest BCUT2D eigenvalue weighted by molar-refractivity contribution is 0.0920. The third kappa shape index (κ3) is 3.99. The van der Waals surface area contributed by atoms with Gasteiger partial charge in [-0.1, -0.05) is 6.42 Å². The molecule has 1 amide bonds. The Morgan fingerprint density at radius 2 is 2.21 bits per heavy atom. The van der Waals surface area contributed by atoms with Crippen molar-refractivity contribution in [3.8, 4) is 0 Å². The van der Waals surface area contributed by atoms with E-state index in [0.717, 1.165) is 19.6 Å². The summed E-state index contributed by atoms with van der Waals surface area (Å²) in [6, 6.07) is 3.02. The summed E-state index contributed by atoms with van der Waals surface area (Å²) in [6.07, 6.45) is 5.07. The number of carbonyl (C=O) groups is 1. The number of halogens is 1. The Bertz CT molecular complexity index is 432. The van der Waals surface area contributed by atoms with Gasteiger partial charge in [-0.3, -0.25) is 4.79 Å². The van der Waals surface area contributed by atoms with Gasteiger partial charge in [0.25, 0.3) is 5.91 Å². The first-order valence-electron chi connectivity index (χ1n) is 6.80. The number of nitrogens with zero attached hydrogens (tertiary/aromatic N) is 2. The van der Waals surface area contributed by atoms with Gasteiger partial charge in [-0.15, -0.1) is 0 Å². The molecule has 5 heteroatoms. The van der Waals surface area contributed by atoms with E-state index in [-0.39, 0.29) is 11.6 Å². The zero-order valence-electron chi connectivity index (χ0n) is 11.2. The molecular formula is C14H20FN3O. The van der Waals surface area contributed by atoms with Gasteiger partial charge >= 0.3 is 0 Å². The van der Waals surface area contributed by atoms with Crippen LogP contribution in [0.5, 0.6) is 0 Å². The van der Waals surface area contributed by atoms with Gasteiger partial charge in [-0.2, -0.15) is 4.39 Å². The molecule has 1 fully saturated rings. The first kappa shape index (κ1) is 13.9. The van der Waals surface area contributed by atoms with Gasteiger partial charge in [-0.25, -0.2) is 4.98 Å². The van der Waals surface area contributed by atoms with Gasteiger partial charge < -0.3 is 10.2 Å². The number of amides is 1. The number of pyridine rings is 1. The molecule has 1 aromatic rings. The van der Waals surface area contributed by atoms with E-state index in [0.29, 0.717) is 0 Å². The van der Waals surface area contributed by atoms with Crippen LogP contribution in [0.1, 0.15) is 36.5 Å². The molecule has 0 saturated carbocycles. The van der Waals surface area contributed by atoms with Crippen LogP contribution in [0, 0.1) is 5.95 Å². The fourth-order valence-corrected chi connectivity index (χ4v) is 2.43. The summed E-state index contributed by atoms with van der Waals surface area (Å²) >= 11 is 0. The summed E-state index contributed by atoms with van der Waals surface area (Å²) in [4.78, 5) is 17.7. The highest BCUT2D eigenvalue weighted by Crippen LogP contribution is 2.09. The minimum absolute atomic E-state index is 0.00482. The van der Waals surface area contributed by atoms with Crippen molar-refractivity contribution in [1.82, 2.24) is 15.2 Å². The largest absolute Gasteiger partial charge is 0.348 e. The van der Waals surface area contributed by atoms with E-state index in [1.54, 1.807) is 6.07 Å². The van der Waals surface area contributed by atoms with Gasteiger partial charge in [0, 0.05) is 18.8 Å². The van der Waals surface area contributed by atoms with Crippen LogP contribution in [0.4, 0.5) is 4.39 Å². The standard InChI is InChI=1S/C14H20FN3O/c1-11(10-18-8-3-2-4-9-18)17-14(19)12-6-5-7-16-13(12)15/h5-7,11H,2-4,8-10H2,1H3,(H,17,19). The van der Waals surface area contributed by atoms with Crippen molar-refractivity contribution in [2.45, 2.75) is 32.2 Å². The van der Waals surface area contributed by atoms with E-state index in [1.165, 1.54) is 31.5 Å². The number of carbonyl (C=O) groups excluding carboxylic acids is 1. The number of hydrogen-bond acceptors (Lipinski definition) is 3. The summed E-state index contributed by atoms with van der Waals surface area (Å²) in [7, 11) is 0. The van der Waals surface area contributed by atoms with E-state index in [9.17, 15) is 9.18 Å². The van der Waals surface area contributed by atoms with E-state index in [1.807, 2.05) is 6.92 Å². The van der Waals surface area contributed by atoms with Crippen molar-refractivity contribution in [1.29, 1.82) is 0 Å². The Morgan fingerprint density at radius 3 is 2.89 bits per heavy atom. The summed E-state index contributed by atoms with van der Waals surface area (Å²) in [5.74, 6) is -1.11. The minimum Gasteiger partial charge on any atom is -0.348 e. The van der Waals surface area contributed by atoms with Crippen LogP contribution < -0.4 is 5.32 Å². The quantitative estimate of drug-likeness (QED) is 0.845. The number of likely N-dealkylation sites (tertiary alicyclic amines) is 1. The van der Waals surface area contributed by atoms with Crippen LogP contribution in [-0.2, 0) is 0 Å². The molecule has 0 radical (unpaired) electrons. The van der Waals surface area contributed by atoms with Crippen LogP contribution >= 0.6 is 0 Å². The molecule has 1 N–H and O–H groups in total. The fourth-order valence-electron chi connectivity index (χ4n) is 2.43. The second-order valence-electron chi connectivity index (χ2n) is 5.08. The Kier molecular flexibility index (Phi) is 4.85. The average Bonchev–Trinajstić information content (AvgIpc) is 2.40. The van der Waals surface area contributed by atoms with Crippen LogP contribution in [0.2, 0.25) is 0 Å². The summed E-state index contributed by atoms with van der Waals surface area (Å²) in [6.45, 7) is 4.93. The summed E-state index contributed by atoms with van der Waals surface area (Å²) in [5.41, 5.74) is 0.00740. The van der Waals surface area contributed by atoms with Crippen LogP contribution in [-0.4, -0.2) is 41.5 Å². The second-order valence-corrected chi connectivity index (χ2v) is 5.08. The highest BCUT2D eigenvalue weighted by Gasteiger charge is 2.17. The van der Waals surface area contributed by atoms with Gasteiger partial charge in [-0.05, 0) is 45.0 Å². The fraction of sp³-hybridized carbons (Fsp3) is 0.571. The van der Waals surface area contributed by atoms with Crippen molar-refractivity contribution in [3.05, 3.63) is 29.8 Å². The topological polar surface area (TPSA) is 45.2 Å². The molecule has 1 saturated heterocycles. The molecule has 2 heterocycles. The highest BCUT2D eigenvalue weighted by atomic mass is 19.1. The van der Waals surface area contributed by atoms with Gasteiger partial charge in [0.05, 0.1) is 5.56 Å². The number of piperidine rings is 1. The summed E-state index contributed by atoms with van der Waals surface area (Å²) < 4.78 is 13.4. The molecule has 19 heavy (non-hydrogen) atoms. The molecular weight excluding hydrogens is 245 g/mol. The summed E-state index contributed by atoms with van der Waals surface area (Å²) in [5, 5.41) is 2.82. The lowest BCUT2D eigenvalue weighted by atomic mass is 10.1. The number of rotatable bonds is 4. The number of hydrogen-bond donors (Lipinski definition) is 1. The molecule has 0 aliphatic carbocycles. The predicted octanol–water partition coefficient (Wildman–Crippen LogP) is 1.82. The lowest BCUT2D eigenvalue weighted by Gasteiger charge is -2.29. The maximum Gasteiger partial charge on any atom is 0.256 e. The Labute approximate surface area is 113 Å². The van der Waals surface area contributed by atoms with Gasteiger partial charge in [0.2, 0.25) is 5.95 Å². The lowest BCUT2D eigenvalue weighted by Crippen LogP contribution is -2.43. The van der Waals surface area contributed by atoms with Crippen molar-refractivity contribution in [3.63, 3.8) is 0 Å². The smallest absolute Gasteiger partial charge is 0.256 e. The minimum atomic E-state index is -0.717. The van der Waals surface area contributed by atoms with Crippen molar-refractivity contribution >= 4 is 5.91 Å². The third-order valence-corrected chi connectivity index (χ3v) is 3.36. The molecule has 1 unspecified atom stereocenters. The number of aromatic nitrogens is 1. The van der Waals surface area contributed by atoms with Crippen LogP contribution in [0.3, 0.4) is 0 Å². The van der Waals surface area contributed by atoms with Crippen LogP contribution in [0.15, 0.2) is 18.3 Å². The Balaban J connectivity index is 1.86. The van der Waals surface area contributed by atoms with Crippen LogP contribution in [0.25, 0.3) is 0 Å². The maximum atomic E-state index is 13.4. The molecule has 1 aliphatic heterocycles. The number of nitrogens with one attached hydrogen (secondary N) is 1. The second kappa shape index (κ2) is 6.61. The van der Waals surface area contributed by atoms with E-state index in [4.69, 9.17) is 0 Å². The van der Waals surface area contributed by atoms with Crippen molar-refractivity contribution in [2.75, 3.05) is 19.6 Å². The zero-order chi connectivity index (χ0) is 13.7. The third-order valence-electron chi connectivity index (χ3n) is 3.36. The molecule has 4 nitrogen and oxygen atoms in total. The van der Waals surface area contributed by atoms with E-state index < -0.39 is 11.9 Å². The molecule has 0 bridgehead atoms. The predicted molar refractivity (Wildman–Crippen MR) is 71.4 cm³/mol. The first-order valence-corrected chi connectivity index (χ1v) is 6.80. The Morgan fingerprint density at radius 1 is 1.47 bits per heavy atom. The normalized spacial score (nSPS) is 18.0. The van der Waals surface area contributed by atoms with E-state index >= 15 is 0 Å². The van der Waals surface area contributed by atoms with Gasteiger partial charge in [0.15, 0.2) is 0 Å². The van der Waals surface area contributed by atoms with Crippen molar-refractivity contribution < 1.29 is 9.18 Å². The molecule has 1 aromatic heterocycles.